The van der Waals surface area contributed by atoms with Gasteiger partial charge >= 0.3 is 0 Å². The van der Waals surface area contributed by atoms with Crippen molar-refractivity contribution in [1.82, 2.24) is 0 Å². The van der Waals surface area contributed by atoms with Crippen molar-refractivity contribution < 1.29 is 9.53 Å². The first-order chi connectivity index (χ1) is 9.74. The van der Waals surface area contributed by atoms with E-state index in [0.29, 0.717) is 17.1 Å². The summed E-state index contributed by atoms with van der Waals surface area (Å²) in [6.45, 7) is 0. The molecule has 0 N–H and O–H groups in total. The summed E-state index contributed by atoms with van der Waals surface area (Å²) in [5.74, 6) is -0.492. The van der Waals surface area contributed by atoms with E-state index in [4.69, 9.17) is 15.3 Å². The summed E-state index contributed by atoms with van der Waals surface area (Å²) < 4.78 is 5.58. The van der Waals surface area contributed by atoms with E-state index < -0.39 is 11.7 Å². The standard InChI is InChI=1S/C16H10N2O2/c17-10-13(11-18)16(19)12-6-8-15(9-7-12)20-14-4-2-1-3-5-14/h1-9,13H. The minimum Gasteiger partial charge on any atom is -0.457 e. The number of nitrogens with zero attached hydrogens (tertiary/aromatic N) is 2. The molecule has 0 aliphatic heterocycles. The first-order valence-corrected chi connectivity index (χ1v) is 5.91. The fourth-order valence-electron chi connectivity index (χ4n) is 1.62. The minimum absolute atomic E-state index is 0.318. The van der Waals surface area contributed by atoms with Crippen LogP contribution >= 0.6 is 0 Å². The van der Waals surface area contributed by atoms with E-state index in [1.165, 1.54) is 0 Å². The van der Waals surface area contributed by atoms with Crippen LogP contribution in [-0.4, -0.2) is 5.78 Å². The molecule has 96 valence electrons. The van der Waals surface area contributed by atoms with Gasteiger partial charge in [0, 0.05) is 5.56 Å². The van der Waals surface area contributed by atoms with Gasteiger partial charge in [0.15, 0.2) is 11.7 Å². The number of nitriles is 2. The Hall–Kier alpha value is -3.11. The van der Waals surface area contributed by atoms with Gasteiger partial charge in [-0.1, -0.05) is 18.2 Å². The highest BCUT2D eigenvalue weighted by atomic mass is 16.5. The Kier molecular flexibility index (Phi) is 4.11. The average Bonchev–Trinajstić information content (AvgIpc) is 2.50. The van der Waals surface area contributed by atoms with E-state index >= 15 is 0 Å². The lowest BCUT2D eigenvalue weighted by molar-refractivity contribution is 0.0971. The highest BCUT2D eigenvalue weighted by Crippen LogP contribution is 2.21. The SMILES string of the molecule is N#CC(C#N)C(=O)c1ccc(Oc2ccccc2)cc1. The highest BCUT2D eigenvalue weighted by Gasteiger charge is 2.18. The van der Waals surface area contributed by atoms with E-state index in [9.17, 15) is 4.79 Å². The van der Waals surface area contributed by atoms with Crippen LogP contribution in [0.2, 0.25) is 0 Å². The van der Waals surface area contributed by atoms with Crippen LogP contribution in [0.4, 0.5) is 0 Å². The summed E-state index contributed by atoms with van der Waals surface area (Å²) in [6, 6.07) is 18.9. The fraction of sp³-hybridized carbons (Fsp3) is 0.0625. The van der Waals surface area contributed by atoms with Crippen molar-refractivity contribution in [3.05, 3.63) is 60.2 Å². The molecule has 20 heavy (non-hydrogen) atoms. The topological polar surface area (TPSA) is 73.9 Å². The molecule has 0 bridgehead atoms. The second kappa shape index (κ2) is 6.17. The van der Waals surface area contributed by atoms with Crippen LogP contribution in [-0.2, 0) is 0 Å². The van der Waals surface area contributed by atoms with Gasteiger partial charge in [-0.2, -0.15) is 10.5 Å². The molecular weight excluding hydrogens is 252 g/mol. The van der Waals surface area contributed by atoms with Crippen LogP contribution in [0.3, 0.4) is 0 Å². The van der Waals surface area contributed by atoms with Crippen molar-refractivity contribution >= 4 is 5.78 Å². The number of benzene rings is 2. The second-order valence-electron chi connectivity index (χ2n) is 3.99. The van der Waals surface area contributed by atoms with Crippen molar-refractivity contribution in [2.24, 2.45) is 5.92 Å². The number of hydrogen-bond acceptors (Lipinski definition) is 4. The average molecular weight is 262 g/mol. The van der Waals surface area contributed by atoms with E-state index in [0.717, 1.165) is 0 Å². The van der Waals surface area contributed by atoms with E-state index in [1.807, 2.05) is 30.3 Å². The van der Waals surface area contributed by atoms with Crippen LogP contribution in [0.5, 0.6) is 11.5 Å². The van der Waals surface area contributed by atoms with Crippen molar-refractivity contribution in [1.29, 1.82) is 10.5 Å². The second-order valence-corrected chi connectivity index (χ2v) is 3.99. The molecule has 2 aromatic carbocycles. The Labute approximate surface area is 116 Å². The summed E-state index contributed by atoms with van der Waals surface area (Å²) in [6.07, 6.45) is 0. The molecule has 0 spiro atoms. The molecule has 0 fully saturated rings. The third kappa shape index (κ3) is 3.01. The van der Waals surface area contributed by atoms with Crippen LogP contribution in [0.1, 0.15) is 10.4 Å². The molecule has 0 aliphatic rings. The number of ether oxygens (including phenoxy) is 1. The molecule has 2 rings (SSSR count). The number of para-hydroxylation sites is 1. The zero-order valence-corrected chi connectivity index (χ0v) is 10.5. The molecule has 0 saturated carbocycles. The third-order valence-corrected chi connectivity index (χ3v) is 2.64. The zero-order chi connectivity index (χ0) is 14.4. The van der Waals surface area contributed by atoms with E-state index in [-0.39, 0.29) is 0 Å². The molecule has 2 aromatic rings. The lowest BCUT2D eigenvalue weighted by atomic mass is 10.0. The molecule has 0 saturated heterocycles. The first kappa shape index (κ1) is 13.3. The van der Waals surface area contributed by atoms with Gasteiger partial charge in [0.05, 0.1) is 12.1 Å². The quantitative estimate of drug-likeness (QED) is 0.792. The fourth-order valence-corrected chi connectivity index (χ4v) is 1.62. The highest BCUT2D eigenvalue weighted by molar-refractivity contribution is 6.01. The van der Waals surface area contributed by atoms with Crippen LogP contribution < -0.4 is 4.74 Å². The van der Waals surface area contributed by atoms with Crippen molar-refractivity contribution in [3.8, 4) is 23.6 Å². The van der Waals surface area contributed by atoms with E-state index in [2.05, 4.69) is 0 Å². The normalized spacial score (nSPS) is 9.55. The Bertz CT molecular complexity index is 665. The molecule has 0 radical (unpaired) electrons. The van der Waals surface area contributed by atoms with Crippen molar-refractivity contribution in [2.45, 2.75) is 0 Å². The van der Waals surface area contributed by atoms with Gasteiger partial charge in [0.25, 0.3) is 0 Å². The largest absolute Gasteiger partial charge is 0.457 e. The summed E-state index contributed by atoms with van der Waals surface area (Å²) in [7, 11) is 0. The zero-order valence-electron chi connectivity index (χ0n) is 10.5. The molecule has 0 unspecified atom stereocenters. The maximum atomic E-state index is 11.8. The van der Waals surface area contributed by atoms with Crippen LogP contribution in [0.25, 0.3) is 0 Å². The molecule has 0 atom stereocenters. The van der Waals surface area contributed by atoms with Gasteiger partial charge in [-0.05, 0) is 36.4 Å². The molecular formula is C16H10N2O2. The first-order valence-electron chi connectivity index (χ1n) is 5.91. The van der Waals surface area contributed by atoms with Crippen molar-refractivity contribution in [2.75, 3.05) is 0 Å². The molecule has 0 amide bonds. The summed E-state index contributed by atoms with van der Waals surface area (Å²) >= 11 is 0. The molecule has 4 nitrogen and oxygen atoms in total. The van der Waals surface area contributed by atoms with Gasteiger partial charge in [-0.15, -0.1) is 0 Å². The number of Topliss-reactive ketones (excluding diaryl/α,β-unsaturated/α-hetero) is 1. The number of hydrogen-bond donors (Lipinski definition) is 0. The third-order valence-electron chi connectivity index (χ3n) is 2.64. The van der Waals surface area contributed by atoms with Gasteiger partial charge in [-0.3, -0.25) is 4.79 Å². The summed E-state index contributed by atoms with van der Waals surface area (Å²) in [5.41, 5.74) is 0.318. The lowest BCUT2D eigenvalue weighted by Gasteiger charge is -2.06. The Morgan fingerprint density at radius 2 is 1.45 bits per heavy atom. The number of rotatable bonds is 4. The minimum atomic E-state index is -1.27. The van der Waals surface area contributed by atoms with Crippen LogP contribution in [0.15, 0.2) is 54.6 Å². The smallest absolute Gasteiger partial charge is 0.195 e. The monoisotopic (exact) mass is 262 g/mol. The number of ketones is 1. The molecule has 0 aromatic heterocycles. The maximum absolute atomic E-state index is 11.8. The predicted molar refractivity (Wildman–Crippen MR) is 72.0 cm³/mol. The maximum Gasteiger partial charge on any atom is 0.195 e. The van der Waals surface area contributed by atoms with Gasteiger partial charge in [-0.25, -0.2) is 0 Å². The molecule has 0 heterocycles. The Balaban J connectivity index is 2.13. The van der Waals surface area contributed by atoms with Crippen LogP contribution in [0, 0.1) is 28.6 Å². The number of carbonyl (C=O) groups excluding carboxylic acids is 1. The van der Waals surface area contributed by atoms with Gasteiger partial charge in [0.1, 0.15) is 11.5 Å². The predicted octanol–water partition coefficient (Wildman–Crippen LogP) is 3.32. The van der Waals surface area contributed by atoms with E-state index in [1.54, 1.807) is 36.4 Å². The summed E-state index contributed by atoms with van der Waals surface area (Å²) in [5, 5.41) is 17.4. The molecule has 4 heteroatoms. The summed E-state index contributed by atoms with van der Waals surface area (Å²) in [4.78, 5) is 11.8. The van der Waals surface area contributed by atoms with Gasteiger partial charge < -0.3 is 4.74 Å². The van der Waals surface area contributed by atoms with Gasteiger partial charge in [0.2, 0.25) is 0 Å². The Morgan fingerprint density at radius 3 is 2.00 bits per heavy atom. The Morgan fingerprint density at radius 1 is 0.900 bits per heavy atom. The lowest BCUT2D eigenvalue weighted by Crippen LogP contribution is -2.10. The number of carbonyl (C=O) groups is 1. The molecule has 0 aliphatic carbocycles. The van der Waals surface area contributed by atoms with Crippen molar-refractivity contribution in [3.63, 3.8) is 0 Å².